The fourth-order valence-corrected chi connectivity index (χ4v) is 2.70. The Morgan fingerprint density at radius 3 is 2.24 bits per heavy atom. The van der Waals surface area contributed by atoms with Gasteiger partial charge in [-0.15, -0.1) is 0 Å². The Morgan fingerprint density at radius 1 is 0.810 bits per heavy atom. The van der Waals surface area contributed by atoms with Gasteiger partial charge in [0, 0.05) is 30.9 Å². The first-order valence-corrected chi connectivity index (χ1v) is 7.52. The molecule has 3 rings (SSSR count). The minimum atomic E-state index is 0.796. The van der Waals surface area contributed by atoms with E-state index in [1.54, 1.807) is 7.11 Å². The third-order valence-electron chi connectivity index (χ3n) is 3.82. The molecule has 1 heterocycles. The SMILES string of the molecule is COc1cccc(Oc2cccc(N3CCCCC3)c2)c1. The average molecular weight is 283 g/mol. The summed E-state index contributed by atoms with van der Waals surface area (Å²) in [6, 6.07) is 16.0. The zero-order chi connectivity index (χ0) is 14.5. The molecular formula is C18H21NO2. The van der Waals surface area contributed by atoms with Crippen molar-refractivity contribution in [2.75, 3.05) is 25.1 Å². The maximum atomic E-state index is 5.95. The van der Waals surface area contributed by atoms with Crippen LogP contribution in [-0.4, -0.2) is 20.2 Å². The lowest BCUT2D eigenvalue weighted by atomic mass is 10.1. The Balaban J connectivity index is 1.76. The number of hydrogen-bond donors (Lipinski definition) is 0. The Labute approximate surface area is 126 Å². The van der Waals surface area contributed by atoms with Crippen molar-refractivity contribution in [3.63, 3.8) is 0 Å². The number of nitrogens with zero attached hydrogens (tertiary/aromatic N) is 1. The number of piperidine rings is 1. The lowest BCUT2D eigenvalue weighted by molar-refractivity contribution is 0.409. The molecule has 0 saturated carbocycles. The molecule has 1 aliphatic heterocycles. The molecule has 0 radical (unpaired) electrons. The van der Waals surface area contributed by atoms with E-state index in [9.17, 15) is 0 Å². The van der Waals surface area contributed by atoms with Crippen molar-refractivity contribution in [1.82, 2.24) is 0 Å². The van der Waals surface area contributed by atoms with Crippen LogP contribution in [0.15, 0.2) is 48.5 Å². The molecule has 0 bridgehead atoms. The number of hydrogen-bond acceptors (Lipinski definition) is 3. The van der Waals surface area contributed by atoms with Gasteiger partial charge in [-0.3, -0.25) is 0 Å². The van der Waals surface area contributed by atoms with Crippen molar-refractivity contribution in [1.29, 1.82) is 0 Å². The van der Waals surface area contributed by atoms with Crippen LogP contribution in [0, 0.1) is 0 Å². The van der Waals surface area contributed by atoms with Crippen molar-refractivity contribution in [3.8, 4) is 17.2 Å². The van der Waals surface area contributed by atoms with E-state index in [2.05, 4.69) is 23.1 Å². The van der Waals surface area contributed by atoms with E-state index in [0.717, 1.165) is 30.3 Å². The highest BCUT2D eigenvalue weighted by molar-refractivity contribution is 5.52. The van der Waals surface area contributed by atoms with Crippen molar-refractivity contribution in [3.05, 3.63) is 48.5 Å². The van der Waals surface area contributed by atoms with Crippen LogP contribution < -0.4 is 14.4 Å². The maximum absolute atomic E-state index is 5.95. The number of anilines is 1. The molecule has 1 fully saturated rings. The van der Waals surface area contributed by atoms with Crippen LogP contribution in [0.4, 0.5) is 5.69 Å². The number of benzene rings is 2. The predicted octanol–water partition coefficient (Wildman–Crippen LogP) is 4.48. The van der Waals surface area contributed by atoms with Gasteiger partial charge in [-0.25, -0.2) is 0 Å². The fraction of sp³-hybridized carbons (Fsp3) is 0.333. The molecule has 0 unspecified atom stereocenters. The zero-order valence-corrected chi connectivity index (χ0v) is 12.4. The average Bonchev–Trinajstić information content (AvgIpc) is 2.56. The molecule has 21 heavy (non-hydrogen) atoms. The summed E-state index contributed by atoms with van der Waals surface area (Å²) in [5.74, 6) is 2.47. The van der Waals surface area contributed by atoms with Crippen molar-refractivity contribution in [2.45, 2.75) is 19.3 Å². The van der Waals surface area contributed by atoms with Crippen LogP contribution in [0.3, 0.4) is 0 Å². The molecule has 2 aromatic carbocycles. The summed E-state index contributed by atoms with van der Waals surface area (Å²) in [5, 5.41) is 0. The van der Waals surface area contributed by atoms with Crippen LogP contribution in [0.1, 0.15) is 19.3 Å². The van der Waals surface area contributed by atoms with E-state index >= 15 is 0 Å². The zero-order valence-electron chi connectivity index (χ0n) is 12.4. The maximum Gasteiger partial charge on any atom is 0.131 e. The highest BCUT2D eigenvalue weighted by Crippen LogP contribution is 2.29. The highest BCUT2D eigenvalue weighted by Gasteiger charge is 2.11. The Morgan fingerprint density at radius 2 is 1.48 bits per heavy atom. The molecule has 0 atom stereocenters. The number of ether oxygens (including phenoxy) is 2. The first-order valence-electron chi connectivity index (χ1n) is 7.52. The molecular weight excluding hydrogens is 262 g/mol. The minimum absolute atomic E-state index is 0.796. The third-order valence-corrected chi connectivity index (χ3v) is 3.82. The standard InChI is InChI=1S/C18H21NO2/c1-20-16-8-6-10-18(14-16)21-17-9-5-7-15(13-17)19-11-3-2-4-12-19/h5-10,13-14H,2-4,11-12H2,1H3. The van der Waals surface area contributed by atoms with E-state index < -0.39 is 0 Å². The molecule has 110 valence electrons. The summed E-state index contributed by atoms with van der Waals surface area (Å²) >= 11 is 0. The van der Waals surface area contributed by atoms with Crippen LogP contribution in [-0.2, 0) is 0 Å². The van der Waals surface area contributed by atoms with Crippen LogP contribution in [0.5, 0.6) is 17.2 Å². The van der Waals surface area contributed by atoms with Gasteiger partial charge in [-0.1, -0.05) is 12.1 Å². The molecule has 2 aromatic rings. The molecule has 0 spiro atoms. The summed E-state index contributed by atoms with van der Waals surface area (Å²) in [6.45, 7) is 2.28. The third kappa shape index (κ3) is 3.48. The second kappa shape index (κ2) is 6.53. The van der Waals surface area contributed by atoms with Crippen molar-refractivity contribution in [2.24, 2.45) is 0 Å². The molecule has 0 N–H and O–H groups in total. The highest BCUT2D eigenvalue weighted by atomic mass is 16.5. The summed E-state index contributed by atoms with van der Waals surface area (Å²) in [4.78, 5) is 2.43. The van der Waals surface area contributed by atoms with E-state index in [1.807, 2.05) is 30.3 Å². The monoisotopic (exact) mass is 283 g/mol. The summed E-state index contributed by atoms with van der Waals surface area (Å²) in [5.41, 5.74) is 1.25. The Hall–Kier alpha value is -2.16. The van der Waals surface area contributed by atoms with Crippen LogP contribution in [0.2, 0.25) is 0 Å². The summed E-state index contributed by atoms with van der Waals surface area (Å²) in [6.07, 6.45) is 3.90. The first-order chi connectivity index (χ1) is 10.3. The molecule has 0 amide bonds. The molecule has 0 aliphatic carbocycles. The number of rotatable bonds is 4. The van der Waals surface area contributed by atoms with Gasteiger partial charge in [0.1, 0.15) is 17.2 Å². The normalized spacial score (nSPS) is 14.8. The fourth-order valence-electron chi connectivity index (χ4n) is 2.70. The molecule has 3 heteroatoms. The van der Waals surface area contributed by atoms with E-state index in [-0.39, 0.29) is 0 Å². The first kappa shape index (κ1) is 13.8. The van der Waals surface area contributed by atoms with E-state index in [4.69, 9.17) is 9.47 Å². The minimum Gasteiger partial charge on any atom is -0.497 e. The van der Waals surface area contributed by atoms with Crippen LogP contribution in [0.25, 0.3) is 0 Å². The van der Waals surface area contributed by atoms with Crippen LogP contribution >= 0.6 is 0 Å². The lowest BCUT2D eigenvalue weighted by Crippen LogP contribution is -2.29. The van der Waals surface area contributed by atoms with Gasteiger partial charge in [0.25, 0.3) is 0 Å². The van der Waals surface area contributed by atoms with Gasteiger partial charge in [0.05, 0.1) is 7.11 Å². The number of methoxy groups -OCH3 is 1. The summed E-state index contributed by atoms with van der Waals surface area (Å²) < 4.78 is 11.2. The topological polar surface area (TPSA) is 21.7 Å². The van der Waals surface area contributed by atoms with Gasteiger partial charge in [-0.05, 0) is 43.5 Å². The lowest BCUT2D eigenvalue weighted by Gasteiger charge is -2.29. The Kier molecular flexibility index (Phi) is 4.29. The second-order valence-electron chi connectivity index (χ2n) is 5.33. The van der Waals surface area contributed by atoms with E-state index in [1.165, 1.54) is 24.9 Å². The Bertz CT molecular complexity index is 591. The van der Waals surface area contributed by atoms with E-state index in [0.29, 0.717) is 0 Å². The predicted molar refractivity (Wildman–Crippen MR) is 85.6 cm³/mol. The van der Waals surface area contributed by atoms with Crippen molar-refractivity contribution >= 4 is 5.69 Å². The van der Waals surface area contributed by atoms with Gasteiger partial charge in [-0.2, -0.15) is 0 Å². The quantitative estimate of drug-likeness (QED) is 0.826. The molecule has 1 aliphatic rings. The smallest absolute Gasteiger partial charge is 0.131 e. The second-order valence-corrected chi connectivity index (χ2v) is 5.33. The van der Waals surface area contributed by atoms with Gasteiger partial charge in [0.15, 0.2) is 0 Å². The van der Waals surface area contributed by atoms with Gasteiger partial charge >= 0.3 is 0 Å². The molecule has 3 nitrogen and oxygen atoms in total. The van der Waals surface area contributed by atoms with Gasteiger partial charge in [0.2, 0.25) is 0 Å². The van der Waals surface area contributed by atoms with Crippen molar-refractivity contribution < 1.29 is 9.47 Å². The molecule has 1 saturated heterocycles. The largest absolute Gasteiger partial charge is 0.497 e. The molecule has 0 aromatic heterocycles. The van der Waals surface area contributed by atoms with Gasteiger partial charge < -0.3 is 14.4 Å². The summed E-state index contributed by atoms with van der Waals surface area (Å²) in [7, 11) is 1.66.